The summed E-state index contributed by atoms with van der Waals surface area (Å²) in [5.74, 6) is -0.269. The summed E-state index contributed by atoms with van der Waals surface area (Å²) in [6, 6.07) is 19.9. The number of carbonyl (C=O) groups is 2. The Labute approximate surface area is 243 Å². The van der Waals surface area contributed by atoms with E-state index < -0.39 is 17.8 Å². The van der Waals surface area contributed by atoms with Gasteiger partial charge in [-0.2, -0.15) is 18.3 Å². The van der Waals surface area contributed by atoms with Crippen LogP contribution < -0.4 is 10.6 Å². The fraction of sp³-hybridized carbons (Fsp3) is 0.226. The number of ketones is 1. The van der Waals surface area contributed by atoms with Crippen LogP contribution in [0.4, 0.5) is 24.7 Å². The van der Waals surface area contributed by atoms with Crippen LogP contribution in [0.25, 0.3) is 27.8 Å². The van der Waals surface area contributed by atoms with E-state index in [1.165, 1.54) is 23.1 Å². The van der Waals surface area contributed by atoms with Crippen molar-refractivity contribution in [2.45, 2.75) is 25.6 Å². The van der Waals surface area contributed by atoms with Crippen LogP contribution in [0.15, 0.2) is 71.3 Å². The molecule has 1 amide bonds. The first kappa shape index (κ1) is 26.9. The van der Waals surface area contributed by atoms with Crippen molar-refractivity contribution in [3.05, 3.63) is 89.2 Å². The van der Waals surface area contributed by atoms with Gasteiger partial charge >= 0.3 is 6.18 Å². The molecule has 0 spiro atoms. The van der Waals surface area contributed by atoms with Crippen LogP contribution in [0.3, 0.4) is 0 Å². The summed E-state index contributed by atoms with van der Waals surface area (Å²) in [6.07, 6.45) is -4.20. The Balaban J connectivity index is 1.22. The maximum atomic E-state index is 14.0. The van der Waals surface area contributed by atoms with Gasteiger partial charge in [0.1, 0.15) is 11.5 Å². The van der Waals surface area contributed by atoms with Gasteiger partial charge in [0, 0.05) is 37.3 Å². The van der Waals surface area contributed by atoms with Crippen LogP contribution in [0.1, 0.15) is 33.7 Å². The third-order valence-corrected chi connectivity index (χ3v) is 8.02. The predicted molar refractivity (Wildman–Crippen MR) is 153 cm³/mol. The number of alkyl halides is 3. The first-order valence-electron chi connectivity index (χ1n) is 13.8. The van der Waals surface area contributed by atoms with Crippen molar-refractivity contribution in [1.82, 2.24) is 19.8 Å². The van der Waals surface area contributed by atoms with Crippen molar-refractivity contribution in [3.8, 4) is 16.8 Å². The first-order valence-corrected chi connectivity index (χ1v) is 13.8. The highest BCUT2D eigenvalue weighted by molar-refractivity contribution is 6.08. The molecule has 2 aliphatic rings. The maximum absolute atomic E-state index is 14.0. The second-order valence-corrected chi connectivity index (χ2v) is 10.7. The zero-order valence-corrected chi connectivity index (χ0v) is 22.8. The number of benzene rings is 3. The van der Waals surface area contributed by atoms with E-state index in [9.17, 15) is 22.8 Å². The molecule has 7 rings (SSSR count). The summed E-state index contributed by atoms with van der Waals surface area (Å²) in [5.41, 5.74) is 8.67. The van der Waals surface area contributed by atoms with Crippen molar-refractivity contribution in [3.63, 3.8) is 0 Å². The molecule has 0 bridgehead atoms. The summed E-state index contributed by atoms with van der Waals surface area (Å²) in [4.78, 5) is 29.2. The number of nitrogens with two attached hydrogens (primary N) is 1. The minimum absolute atomic E-state index is 0.0211. The highest BCUT2D eigenvalue weighted by Gasteiger charge is 2.43. The monoisotopic (exact) mass is 586 g/mol. The smallest absolute Gasteiger partial charge is 0.380 e. The lowest BCUT2D eigenvalue weighted by molar-refractivity contribution is -0.142. The number of hydrogen-bond donors (Lipinski definition) is 1. The Hall–Kier alpha value is -4.97. The zero-order chi connectivity index (χ0) is 29.9. The second-order valence-electron chi connectivity index (χ2n) is 10.7. The van der Waals surface area contributed by atoms with Crippen LogP contribution in [-0.2, 0) is 23.9 Å². The SMILES string of the molecule is Nc1noc2ccc(-n3nc(C(F)(F)F)c4c3C(=O)N(c3ccc(-c5ccccc5CN5CCC(=O)C5)cc3)CC4)cc12. The molecule has 0 saturated carbocycles. The predicted octanol–water partition coefficient (Wildman–Crippen LogP) is 5.26. The van der Waals surface area contributed by atoms with Crippen LogP contribution in [0.2, 0.25) is 0 Å². The van der Waals surface area contributed by atoms with Gasteiger partial charge in [-0.05, 0) is 53.4 Å². The van der Waals surface area contributed by atoms with E-state index in [4.69, 9.17) is 10.3 Å². The van der Waals surface area contributed by atoms with E-state index in [1.807, 2.05) is 36.4 Å². The number of anilines is 2. The molecule has 4 heterocycles. The summed E-state index contributed by atoms with van der Waals surface area (Å²) < 4.78 is 48.3. The lowest BCUT2D eigenvalue weighted by atomic mass is 9.98. The van der Waals surface area contributed by atoms with E-state index in [0.717, 1.165) is 27.9 Å². The number of halogens is 3. The number of aromatic nitrogens is 3. The van der Waals surface area contributed by atoms with Gasteiger partial charge < -0.3 is 15.2 Å². The van der Waals surface area contributed by atoms with E-state index in [0.29, 0.717) is 36.2 Å². The number of hydrogen-bond acceptors (Lipinski definition) is 7. The molecule has 5 aromatic rings. The third-order valence-electron chi connectivity index (χ3n) is 8.02. The van der Waals surface area contributed by atoms with Crippen LogP contribution in [0, 0.1) is 0 Å². The largest absolute Gasteiger partial charge is 0.435 e. The summed E-state index contributed by atoms with van der Waals surface area (Å²) in [5, 5.41) is 7.97. The number of Topliss-reactive ketones (excluding diaryl/α,β-unsaturated/α-hetero) is 1. The molecule has 9 nitrogen and oxygen atoms in total. The van der Waals surface area contributed by atoms with Gasteiger partial charge in [-0.1, -0.05) is 41.6 Å². The number of fused-ring (bicyclic) bond motifs is 2. The van der Waals surface area contributed by atoms with Gasteiger partial charge in [0.15, 0.2) is 17.1 Å². The minimum Gasteiger partial charge on any atom is -0.380 e. The van der Waals surface area contributed by atoms with Crippen LogP contribution in [0.5, 0.6) is 0 Å². The maximum Gasteiger partial charge on any atom is 0.435 e. The third kappa shape index (κ3) is 4.73. The lowest BCUT2D eigenvalue weighted by Gasteiger charge is -2.28. The summed E-state index contributed by atoms with van der Waals surface area (Å²) in [6.45, 7) is 1.89. The topological polar surface area (TPSA) is 110 Å². The van der Waals surface area contributed by atoms with Gasteiger partial charge in [-0.3, -0.25) is 14.5 Å². The molecular formula is C31H25F3N6O3. The molecule has 2 N–H and O–H groups in total. The summed E-state index contributed by atoms with van der Waals surface area (Å²) in [7, 11) is 0. The number of carbonyl (C=O) groups excluding carboxylic acids is 2. The van der Waals surface area contributed by atoms with Gasteiger partial charge in [-0.25, -0.2) is 4.68 Å². The average molecular weight is 587 g/mol. The fourth-order valence-corrected chi connectivity index (χ4v) is 5.92. The minimum atomic E-state index is -4.74. The molecule has 0 atom stereocenters. The van der Waals surface area contributed by atoms with Gasteiger partial charge in [0.2, 0.25) is 0 Å². The molecule has 0 unspecified atom stereocenters. The molecule has 2 aliphatic heterocycles. The highest BCUT2D eigenvalue weighted by atomic mass is 19.4. The number of nitrogen functional groups attached to an aromatic ring is 1. The summed E-state index contributed by atoms with van der Waals surface area (Å²) >= 11 is 0. The van der Waals surface area contributed by atoms with Crippen molar-refractivity contribution in [2.75, 3.05) is 30.3 Å². The van der Waals surface area contributed by atoms with E-state index in [2.05, 4.69) is 15.2 Å². The van der Waals surface area contributed by atoms with Crippen LogP contribution >= 0.6 is 0 Å². The molecule has 1 fully saturated rings. The van der Waals surface area contributed by atoms with Gasteiger partial charge in [0.25, 0.3) is 5.91 Å². The molecular weight excluding hydrogens is 561 g/mol. The molecule has 3 aromatic carbocycles. The highest BCUT2D eigenvalue weighted by Crippen LogP contribution is 2.38. The first-order chi connectivity index (χ1) is 20.7. The van der Waals surface area contributed by atoms with E-state index in [-0.39, 0.29) is 41.5 Å². The van der Waals surface area contributed by atoms with Gasteiger partial charge in [0.05, 0.1) is 17.6 Å². The van der Waals surface area contributed by atoms with Crippen molar-refractivity contribution in [2.24, 2.45) is 0 Å². The number of nitrogens with zero attached hydrogens (tertiary/aromatic N) is 5. The van der Waals surface area contributed by atoms with Gasteiger partial charge in [-0.15, -0.1) is 0 Å². The molecule has 218 valence electrons. The zero-order valence-electron chi connectivity index (χ0n) is 22.8. The molecule has 1 saturated heterocycles. The van der Waals surface area contributed by atoms with E-state index in [1.54, 1.807) is 12.1 Å². The molecule has 0 aliphatic carbocycles. The number of likely N-dealkylation sites (tertiary alicyclic amines) is 1. The number of amides is 1. The average Bonchev–Trinajstić information content (AvgIpc) is 3.70. The molecule has 0 radical (unpaired) electrons. The Morgan fingerprint density at radius 1 is 0.930 bits per heavy atom. The van der Waals surface area contributed by atoms with Crippen molar-refractivity contribution < 1.29 is 27.3 Å². The molecule has 2 aromatic heterocycles. The Bertz CT molecular complexity index is 1890. The molecule has 12 heteroatoms. The Morgan fingerprint density at radius 3 is 2.44 bits per heavy atom. The van der Waals surface area contributed by atoms with Crippen molar-refractivity contribution in [1.29, 1.82) is 0 Å². The molecule has 43 heavy (non-hydrogen) atoms. The quantitative estimate of drug-likeness (QED) is 0.299. The number of rotatable bonds is 5. The standard InChI is InChI=1S/C31H25F3N6O3/c32-31(33,34)28-24-12-14-39(30(42)27(24)40(36-28)21-9-10-26-25(15-21)29(35)37-43-26)20-7-5-18(6-8-20)23-4-2-1-3-19(23)16-38-13-11-22(41)17-38/h1-10,15H,11-14,16-17H2,(H2,35,37). The van der Waals surface area contributed by atoms with Crippen LogP contribution in [-0.4, -0.2) is 51.2 Å². The normalized spacial score (nSPS) is 15.9. The van der Waals surface area contributed by atoms with Crippen molar-refractivity contribution >= 4 is 34.2 Å². The Morgan fingerprint density at radius 2 is 1.70 bits per heavy atom. The second kappa shape index (κ2) is 10.1. The fourth-order valence-electron chi connectivity index (χ4n) is 5.92. The Kier molecular flexibility index (Phi) is 6.31. The lowest BCUT2D eigenvalue weighted by Crippen LogP contribution is -2.39. The van der Waals surface area contributed by atoms with E-state index >= 15 is 0 Å².